The Morgan fingerprint density at radius 1 is 1.21 bits per heavy atom. The molecular formula is C16H22N2O. The van der Waals surface area contributed by atoms with E-state index in [4.69, 9.17) is 4.74 Å². The molecule has 0 aliphatic heterocycles. The predicted molar refractivity (Wildman–Crippen MR) is 79.6 cm³/mol. The molecule has 0 bridgehead atoms. The maximum atomic E-state index is 6.00. The highest BCUT2D eigenvalue weighted by molar-refractivity contribution is 5.84. The number of ether oxygens (including phenoxy) is 1. The molecule has 2 rings (SSSR count). The number of fused-ring (bicyclic) bond motifs is 1. The summed E-state index contributed by atoms with van der Waals surface area (Å²) in [4.78, 5) is 4.40. The molecule has 2 aromatic rings. The number of rotatable bonds is 4. The van der Waals surface area contributed by atoms with E-state index >= 15 is 0 Å². The molecule has 0 spiro atoms. The second kappa shape index (κ2) is 5.57. The molecule has 3 nitrogen and oxygen atoms in total. The van der Waals surface area contributed by atoms with Crippen molar-refractivity contribution < 1.29 is 4.74 Å². The number of pyridine rings is 1. The van der Waals surface area contributed by atoms with Gasteiger partial charge < -0.3 is 10.1 Å². The Kier molecular flexibility index (Phi) is 4.05. The van der Waals surface area contributed by atoms with E-state index in [0.29, 0.717) is 0 Å². The van der Waals surface area contributed by atoms with Crippen molar-refractivity contribution in [3.8, 4) is 5.75 Å². The van der Waals surface area contributed by atoms with Gasteiger partial charge in [-0.1, -0.05) is 18.2 Å². The Morgan fingerprint density at radius 2 is 1.95 bits per heavy atom. The fourth-order valence-corrected chi connectivity index (χ4v) is 1.88. The third-order valence-corrected chi connectivity index (χ3v) is 2.84. The van der Waals surface area contributed by atoms with Crippen LogP contribution in [-0.4, -0.2) is 23.2 Å². The minimum Gasteiger partial charge on any atom is -0.487 e. The highest BCUT2D eigenvalue weighted by atomic mass is 16.5. The van der Waals surface area contributed by atoms with Gasteiger partial charge in [-0.05, 0) is 39.8 Å². The van der Waals surface area contributed by atoms with Crippen LogP contribution in [0, 0.1) is 0 Å². The van der Waals surface area contributed by atoms with Crippen molar-refractivity contribution in [2.75, 3.05) is 6.54 Å². The lowest BCUT2D eigenvalue weighted by Gasteiger charge is -2.24. The number of nitrogens with zero attached hydrogens (tertiary/aromatic N) is 1. The Morgan fingerprint density at radius 3 is 2.68 bits per heavy atom. The third-order valence-electron chi connectivity index (χ3n) is 2.84. The van der Waals surface area contributed by atoms with Gasteiger partial charge in [0.05, 0.1) is 0 Å². The van der Waals surface area contributed by atoms with Crippen molar-refractivity contribution in [1.29, 1.82) is 0 Å². The quantitative estimate of drug-likeness (QED) is 0.912. The Bertz CT molecular complexity index is 540. The largest absolute Gasteiger partial charge is 0.487 e. The third kappa shape index (κ3) is 3.93. The molecule has 102 valence electrons. The second-order valence-corrected chi connectivity index (χ2v) is 5.89. The Balaban J connectivity index is 2.09. The summed E-state index contributed by atoms with van der Waals surface area (Å²) in [6.45, 7) is 9.34. The Labute approximate surface area is 115 Å². The van der Waals surface area contributed by atoms with Crippen LogP contribution in [0.2, 0.25) is 0 Å². The van der Waals surface area contributed by atoms with E-state index in [-0.39, 0.29) is 11.6 Å². The lowest BCUT2D eigenvalue weighted by atomic mass is 10.1. The maximum absolute atomic E-state index is 6.00. The molecule has 0 radical (unpaired) electrons. The first-order valence-electron chi connectivity index (χ1n) is 6.71. The molecule has 1 heterocycles. The van der Waals surface area contributed by atoms with E-state index in [9.17, 15) is 0 Å². The standard InChI is InChI=1S/C16H22N2O/c1-12(11-18-16(2,3)4)19-14-9-5-7-13-8-6-10-17-15(13)14/h5-10,12,18H,11H2,1-4H3. The molecule has 19 heavy (non-hydrogen) atoms. The van der Waals surface area contributed by atoms with Crippen molar-refractivity contribution in [3.05, 3.63) is 36.5 Å². The van der Waals surface area contributed by atoms with E-state index in [1.54, 1.807) is 6.20 Å². The molecular weight excluding hydrogens is 236 g/mol. The molecule has 1 atom stereocenters. The zero-order valence-electron chi connectivity index (χ0n) is 12.1. The lowest BCUT2D eigenvalue weighted by Crippen LogP contribution is -2.41. The van der Waals surface area contributed by atoms with Gasteiger partial charge in [-0.15, -0.1) is 0 Å². The van der Waals surface area contributed by atoms with E-state index in [1.807, 2.05) is 30.3 Å². The second-order valence-electron chi connectivity index (χ2n) is 5.89. The average molecular weight is 258 g/mol. The first-order chi connectivity index (χ1) is 8.96. The topological polar surface area (TPSA) is 34.1 Å². The highest BCUT2D eigenvalue weighted by Crippen LogP contribution is 2.23. The summed E-state index contributed by atoms with van der Waals surface area (Å²) in [6, 6.07) is 10.0. The van der Waals surface area contributed by atoms with Crippen molar-refractivity contribution in [1.82, 2.24) is 10.3 Å². The fourth-order valence-electron chi connectivity index (χ4n) is 1.88. The van der Waals surface area contributed by atoms with E-state index in [0.717, 1.165) is 23.2 Å². The fraction of sp³-hybridized carbons (Fsp3) is 0.438. The van der Waals surface area contributed by atoms with Crippen LogP contribution in [-0.2, 0) is 0 Å². The zero-order valence-corrected chi connectivity index (χ0v) is 12.1. The van der Waals surface area contributed by atoms with Crippen LogP contribution < -0.4 is 10.1 Å². The number of hydrogen-bond donors (Lipinski definition) is 1. The number of hydrogen-bond acceptors (Lipinski definition) is 3. The number of nitrogens with one attached hydrogen (secondary N) is 1. The van der Waals surface area contributed by atoms with Crippen LogP contribution in [0.15, 0.2) is 36.5 Å². The first-order valence-corrected chi connectivity index (χ1v) is 6.71. The molecule has 1 unspecified atom stereocenters. The van der Waals surface area contributed by atoms with Crippen LogP contribution >= 0.6 is 0 Å². The van der Waals surface area contributed by atoms with Crippen molar-refractivity contribution in [2.45, 2.75) is 39.3 Å². The molecule has 1 N–H and O–H groups in total. The van der Waals surface area contributed by atoms with Gasteiger partial charge >= 0.3 is 0 Å². The molecule has 0 saturated heterocycles. The van der Waals surface area contributed by atoms with Crippen LogP contribution in [0.5, 0.6) is 5.75 Å². The summed E-state index contributed by atoms with van der Waals surface area (Å²) < 4.78 is 6.00. The van der Waals surface area contributed by atoms with Crippen molar-refractivity contribution >= 4 is 10.9 Å². The van der Waals surface area contributed by atoms with Gasteiger partial charge in [-0.25, -0.2) is 0 Å². The van der Waals surface area contributed by atoms with Gasteiger partial charge in [0.15, 0.2) is 0 Å². The smallest absolute Gasteiger partial charge is 0.145 e. The van der Waals surface area contributed by atoms with Crippen LogP contribution in [0.1, 0.15) is 27.7 Å². The summed E-state index contributed by atoms with van der Waals surface area (Å²) >= 11 is 0. The van der Waals surface area contributed by atoms with E-state index in [1.165, 1.54) is 0 Å². The highest BCUT2D eigenvalue weighted by Gasteiger charge is 2.13. The van der Waals surface area contributed by atoms with Gasteiger partial charge in [0.1, 0.15) is 17.4 Å². The van der Waals surface area contributed by atoms with Crippen molar-refractivity contribution in [3.63, 3.8) is 0 Å². The van der Waals surface area contributed by atoms with Crippen LogP contribution in [0.25, 0.3) is 10.9 Å². The van der Waals surface area contributed by atoms with Crippen LogP contribution in [0.4, 0.5) is 0 Å². The van der Waals surface area contributed by atoms with Crippen molar-refractivity contribution in [2.24, 2.45) is 0 Å². The monoisotopic (exact) mass is 258 g/mol. The number of benzene rings is 1. The van der Waals surface area contributed by atoms with E-state index in [2.05, 4.69) is 38.0 Å². The first kappa shape index (κ1) is 13.8. The minimum absolute atomic E-state index is 0.104. The Hall–Kier alpha value is -1.61. The number of aromatic nitrogens is 1. The van der Waals surface area contributed by atoms with E-state index < -0.39 is 0 Å². The summed E-state index contributed by atoms with van der Waals surface area (Å²) in [5.74, 6) is 0.848. The van der Waals surface area contributed by atoms with Gasteiger partial charge in [-0.2, -0.15) is 0 Å². The SMILES string of the molecule is CC(CNC(C)(C)C)Oc1cccc2cccnc12. The van der Waals surface area contributed by atoms with Crippen LogP contribution in [0.3, 0.4) is 0 Å². The normalized spacial score (nSPS) is 13.5. The zero-order chi connectivity index (χ0) is 13.9. The molecule has 0 amide bonds. The molecule has 1 aromatic carbocycles. The molecule has 3 heteroatoms. The molecule has 0 aliphatic rings. The molecule has 0 aliphatic carbocycles. The molecule has 0 fully saturated rings. The maximum Gasteiger partial charge on any atom is 0.145 e. The van der Waals surface area contributed by atoms with Gasteiger partial charge in [-0.3, -0.25) is 4.98 Å². The summed E-state index contributed by atoms with van der Waals surface area (Å²) in [7, 11) is 0. The molecule has 1 aromatic heterocycles. The lowest BCUT2D eigenvalue weighted by molar-refractivity contribution is 0.205. The predicted octanol–water partition coefficient (Wildman–Crippen LogP) is 3.39. The van der Waals surface area contributed by atoms with Gasteiger partial charge in [0.2, 0.25) is 0 Å². The van der Waals surface area contributed by atoms with Gasteiger partial charge in [0.25, 0.3) is 0 Å². The summed E-state index contributed by atoms with van der Waals surface area (Å²) in [6.07, 6.45) is 1.90. The molecule has 0 saturated carbocycles. The summed E-state index contributed by atoms with van der Waals surface area (Å²) in [5.41, 5.74) is 1.03. The summed E-state index contributed by atoms with van der Waals surface area (Å²) in [5, 5.41) is 4.55. The average Bonchev–Trinajstić information content (AvgIpc) is 2.36. The van der Waals surface area contributed by atoms with Gasteiger partial charge in [0, 0.05) is 23.7 Å². The number of para-hydroxylation sites is 1. The minimum atomic E-state index is 0.104.